The minimum Gasteiger partial charge on any atom is -0.493 e. The first kappa shape index (κ1) is 24.7. The van der Waals surface area contributed by atoms with E-state index in [4.69, 9.17) is 33.3 Å². The Morgan fingerprint density at radius 3 is 2.51 bits per heavy atom. The van der Waals surface area contributed by atoms with Gasteiger partial charge in [0.2, 0.25) is 0 Å². The number of hydrogen-bond acceptors (Lipinski definition) is 6. The monoisotopic (exact) mass is 528 g/mol. The number of anilines is 2. The van der Waals surface area contributed by atoms with E-state index < -0.39 is 5.82 Å². The molecule has 1 aliphatic heterocycles. The van der Waals surface area contributed by atoms with E-state index in [9.17, 15) is 14.0 Å². The number of hydrogen-bond donors (Lipinski definition) is 1. The second kappa shape index (κ2) is 10.9. The number of thiocarbonyl (C=S) groups is 1. The Hall–Kier alpha value is -3.40. The van der Waals surface area contributed by atoms with Crippen LogP contribution in [0.2, 0.25) is 5.02 Å². The normalized spacial score (nSPS) is 14.4. The summed E-state index contributed by atoms with van der Waals surface area (Å²) in [7, 11) is 1.48. The SMILES string of the molecule is COc1cc(/C=C2\SC(=S)N(c3ccc(F)cc3)C2=O)ccc1OCC(=O)Nc1ccc(Cl)cc1. The number of nitrogens with one attached hydrogen (secondary N) is 1. The summed E-state index contributed by atoms with van der Waals surface area (Å²) in [5.74, 6) is -0.277. The van der Waals surface area contributed by atoms with Crippen molar-refractivity contribution in [2.75, 3.05) is 23.9 Å². The Kier molecular flexibility index (Phi) is 7.70. The standard InChI is InChI=1S/C25H18ClFN2O4S2/c1-32-21-12-15(2-11-20(21)33-14-23(30)28-18-7-3-16(26)4-8-18)13-22-24(31)29(25(34)35-22)19-9-5-17(27)6-10-19/h2-13H,14H2,1H3,(H,28,30)/b22-13-. The summed E-state index contributed by atoms with van der Waals surface area (Å²) in [5, 5.41) is 3.29. The number of carbonyl (C=O) groups is 2. The lowest BCUT2D eigenvalue weighted by Gasteiger charge is -2.14. The number of nitrogens with zero attached hydrogens (tertiary/aromatic N) is 1. The van der Waals surface area contributed by atoms with Gasteiger partial charge >= 0.3 is 0 Å². The van der Waals surface area contributed by atoms with Gasteiger partial charge in [0.05, 0.1) is 17.7 Å². The molecule has 0 radical (unpaired) electrons. The highest BCUT2D eigenvalue weighted by Crippen LogP contribution is 2.37. The Bertz CT molecular complexity index is 1310. The smallest absolute Gasteiger partial charge is 0.270 e. The number of benzene rings is 3. The number of halogens is 2. The Morgan fingerprint density at radius 1 is 1.11 bits per heavy atom. The van der Waals surface area contributed by atoms with Crippen molar-refractivity contribution in [3.05, 3.63) is 88.0 Å². The highest BCUT2D eigenvalue weighted by molar-refractivity contribution is 8.27. The van der Waals surface area contributed by atoms with Gasteiger partial charge in [-0.3, -0.25) is 14.5 Å². The first-order valence-corrected chi connectivity index (χ1v) is 11.8. The van der Waals surface area contributed by atoms with Crippen LogP contribution in [0.5, 0.6) is 11.5 Å². The van der Waals surface area contributed by atoms with Gasteiger partial charge in [0.1, 0.15) is 5.82 Å². The van der Waals surface area contributed by atoms with Crippen molar-refractivity contribution >= 4 is 69.2 Å². The lowest BCUT2D eigenvalue weighted by molar-refractivity contribution is -0.118. The van der Waals surface area contributed by atoms with Crippen LogP contribution in [0.1, 0.15) is 5.56 Å². The Balaban J connectivity index is 1.44. The van der Waals surface area contributed by atoms with E-state index in [1.54, 1.807) is 48.5 Å². The van der Waals surface area contributed by atoms with Gasteiger partial charge in [-0.05, 0) is 72.3 Å². The van der Waals surface area contributed by atoms with Crippen LogP contribution in [0.3, 0.4) is 0 Å². The summed E-state index contributed by atoms with van der Waals surface area (Å²) in [6, 6.07) is 17.4. The predicted octanol–water partition coefficient (Wildman–Crippen LogP) is 5.91. The maximum absolute atomic E-state index is 13.2. The van der Waals surface area contributed by atoms with E-state index in [0.717, 1.165) is 11.8 Å². The van der Waals surface area contributed by atoms with Crippen LogP contribution in [0, 0.1) is 5.82 Å². The van der Waals surface area contributed by atoms with E-state index in [0.29, 0.717) is 42.7 Å². The van der Waals surface area contributed by atoms with E-state index in [-0.39, 0.29) is 18.4 Å². The molecule has 1 fully saturated rings. The molecule has 6 nitrogen and oxygen atoms in total. The van der Waals surface area contributed by atoms with Crippen molar-refractivity contribution in [1.82, 2.24) is 0 Å². The molecule has 10 heteroatoms. The van der Waals surface area contributed by atoms with Crippen LogP contribution in [0.15, 0.2) is 71.6 Å². The minimum absolute atomic E-state index is 0.228. The molecular formula is C25H18ClFN2O4S2. The first-order chi connectivity index (χ1) is 16.8. The van der Waals surface area contributed by atoms with Gasteiger partial charge < -0.3 is 14.8 Å². The third-order valence-corrected chi connectivity index (χ3v) is 6.40. The van der Waals surface area contributed by atoms with Crippen molar-refractivity contribution in [2.45, 2.75) is 0 Å². The number of thioether (sulfide) groups is 1. The molecule has 0 spiro atoms. The van der Waals surface area contributed by atoms with Crippen molar-refractivity contribution in [2.24, 2.45) is 0 Å². The first-order valence-electron chi connectivity index (χ1n) is 10.2. The fourth-order valence-electron chi connectivity index (χ4n) is 3.20. The third kappa shape index (κ3) is 6.00. The molecule has 2 amide bonds. The van der Waals surface area contributed by atoms with E-state index in [1.807, 2.05) is 0 Å². The van der Waals surface area contributed by atoms with Gasteiger partial charge in [0.25, 0.3) is 11.8 Å². The van der Waals surface area contributed by atoms with Crippen molar-refractivity contribution in [3.63, 3.8) is 0 Å². The molecule has 0 atom stereocenters. The Morgan fingerprint density at radius 2 is 1.83 bits per heavy atom. The molecule has 0 saturated carbocycles. The molecule has 1 N–H and O–H groups in total. The Labute approximate surface area is 215 Å². The molecule has 0 bridgehead atoms. The molecule has 1 aliphatic rings. The van der Waals surface area contributed by atoms with Gasteiger partial charge in [-0.15, -0.1) is 0 Å². The van der Waals surface area contributed by atoms with Gasteiger partial charge in [-0.2, -0.15) is 0 Å². The highest BCUT2D eigenvalue weighted by atomic mass is 35.5. The summed E-state index contributed by atoms with van der Waals surface area (Å²) in [6.07, 6.45) is 1.68. The molecular weight excluding hydrogens is 511 g/mol. The molecule has 4 rings (SSSR count). The average Bonchev–Trinajstić information content (AvgIpc) is 3.12. The summed E-state index contributed by atoms with van der Waals surface area (Å²) in [4.78, 5) is 26.9. The second-order valence-electron chi connectivity index (χ2n) is 7.25. The minimum atomic E-state index is -0.397. The van der Waals surface area contributed by atoms with Crippen molar-refractivity contribution < 1.29 is 23.5 Å². The van der Waals surface area contributed by atoms with E-state index in [1.165, 1.54) is 36.3 Å². The quantitative estimate of drug-likeness (QED) is 0.304. The van der Waals surface area contributed by atoms with E-state index in [2.05, 4.69) is 5.32 Å². The van der Waals surface area contributed by atoms with Gasteiger partial charge in [0, 0.05) is 10.7 Å². The van der Waals surface area contributed by atoms with Crippen LogP contribution in [0.25, 0.3) is 6.08 Å². The number of carbonyl (C=O) groups excluding carboxylic acids is 2. The fraction of sp³-hybridized carbons (Fsp3) is 0.0800. The number of methoxy groups -OCH3 is 1. The molecule has 1 heterocycles. The third-order valence-electron chi connectivity index (χ3n) is 4.85. The zero-order valence-electron chi connectivity index (χ0n) is 18.3. The zero-order valence-corrected chi connectivity index (χ0v) is 20.7. The molecule has 0 aromatic heterocycles. The average molecular weight is 529 g/mol. The molecule has 35 heavy (non-hydrogen) atoms. The summed E-state index contributed by atoms with van der Waals surface area (Å²) in [6.45, 7) is -0.228. The summed E-state index contributed by atoms with van der Waals surface area (Å²) < 4.78 is 24.6. The molecule has 3 aromatic rings. The highest BCUT2D eigenvalue weighted by Gasteiger charge is 2.33. The van der Waals surface area contributed by atoms with Crippen molar-refractivity contribution in [1.29, 1.82) is 0 Å². The van der Waals surface area contributed by atoms with Crippen LogP contribution in [0.4, 0.5) is 15.8 Å². The molecule has 178 valence electrons. The topological polar surface area (TPSA) is 67.9 Å². The number of amides is 2. The molecule has 1 saturated heterocycles. The maximum Gasteiger partial charge on any atom is 0.270 e. The zero-order chi connectivity index (χ0) is 24.9. The van der Waals surface area contributed by atoms with Gasteiger partial charge in [-0.1, -0.05) is 41.6 Å². The largest absolute Gasteiger partial charge is 0.493 e. The van der Waals surface area contributed by atoms with Gasteiger partial charge in [-0.25, -0.2) is 4.39 Å². The van der Waals surface area contributed by atoms with Crippen LogP contribution < -0.4 is 19.7 Å². The van der Waals surface area contributed by atoms with E-state index >= 15 is 0 Å². The van der Waals surface area contributed by atoms with Crippen LogP contribution in [-0.4, -0.2) is 29.9 Å². The summed E-state index contributed by atoms with van der Waals surface area (Å²) in [5.41, 5.74) is 1.78. The lowest BCUT2D eigenvalue weighted by Crippen LogP contribution is -2.27. The number of rotatable bonds is 7. The van der Waals surface area contributed by atoms with Gasteiger partial charge in [0.15, 0.2) is 22.4 Å². The number of ether oxygens (including phenoxy) is 2. The molecule has 0 unspecified atom stereocenters. The van der Waals surface area contributed by atoms with Crippen molar-refractivity contribution in [3.8, 4) is 11.5 Å². The molecule has 3 aromatic carbocycles. The predicted molar refractivity (Wildman–Crippen MR) is 141 cm³/mol. The summed E-state index contributed by atoms with van der Waals surface area (Å²) >= 11 is 12.4. The molecule has 0 aliphatic carbocycles. The van der Waals surface area contributed by atoms with Crippen LogP contribution in [-0.2, 0) is 9.59 Å². The van der Waals surface area contributed by atoms with Crippen LogP contribution >= 0.6 is 35.6 Å². The maximum atomic E-state index is 13.2. The lowest BCUT2D eigenvalue weighted by atomic mass is 10.2. The fourth-order valence-corrected chi connectivity index (χ4v) is 4.62. The second-order valence-corrected chi connectivity index (χ2v) is 9.36.